The number of ether oxygens (including phenoxy) is 1. The first-order valence-electron chi connectivity index (χ1n) is 5.10. The van der Waals surface area contributed by atoms with Crippen molar-refractivity contribution in [3.63, 3.8) is 0 Å². The predicted octanol–water partition coefficient (Wildman–Crippen LogP) is 2.95. The van der Waals surface area contributed by atoms with Crippen LogP contribution in [0.5, 0.6) is 0 Å². The first-order valence-corrected chi connectivity index (χ1v) is 5.47. The van der Waals surface area contributed by atoms with E-state index in [1.807, 2.05) is 6.07 Å². The zero-order valence-corrected chi connectivity index (χ0v) is 10.2. The monoisotopic (exact) mass is 247 g/mol. The Kier molecular flexibility index (Phi) is 2.68. The van der Waals surface area contributed by atoms with Gasteiger partial charge in [0.25, 0.3) is 0 Å². The second-order valence-electron chi connectivity index (χ2n) is 4.27. The lowest BCUT2D eigenvalue weighted by molar-refractivity contribution is -0.126. The van der Waals surface area contributed by atoms with Crippen molar-refractivity contribution in [2.24, 2.45) is 0 Å². The van der Waals surface area contributed by atoms with E-state index in [9.17, 15) is 4.79 Å². The summed E-state index contributed by atoms with van der Waals surface area (Å²) in [5, 5.41) is 9.56. The fraction of sp³-hybridized carbons (Fsp3) is 0.231. The van der Waals surface area contributed by atoms with Crippen LogP contribution < -0.4 is 0 Å². The number of carbonyl (C=O) groups is 1. The molecule has 0 saturated carbocycles. The van der Waals surface area contributed by atoms with E-state index in [0.29, 0.717) is 16.3 Å². The maximum absolute atomic E-state index is 11.9. The van der Waals surface area contributed by atoms with Crippen LogP contribution >= 0.6 is 11.6 Å². The molecular weight excluding hydrogens is 238 g/mol. The zero-order chi connectivity index (χ0) is 12.6. The number of carbonyl (C=O) groups excluding carboxylic acids is 1. The number of nitrogens with zero attached hydrogens (tertiary/aromatic N) is 1. The molecule has 1 aliphatic rings. The van der Waals surface area contributed by atoms with Crippen LogP contribution in [0.1, 0.15) is 19.4 Å². The minimum atomic E-state index is -0.983. The molecule has 0 bridgehead atoms. The molecule has 0 spiro atoms. The van der Waals surface area contributed by atoms with Crippen LogP contribution in [0.2, 0.25) is 5.02 Å². The number of hydrogen-bond acceptors (Lipinski definition) is 3. The number of halogens is 1. The van der Waals surface area contributed by atoms with Crippen LogP contribution in [0.3, 0.4) is 0 Å². The smallest absolute Gasteiger partial charge is 0.220 e. The van der Waals surface area contributed by atoms with E-state index in [2.05, 4.69) is 0 Å². The molecule has 17 heavy (non-hydrogen) atoms. The Hall–Kier alpha value is -1.79. The van der Waals surface area contributed by atoms with Gasteiger partial charge in [0.05, 0.1) is 0 Å². The molecule has 2 rings (SSSR count). The summed E-state index contributed by atoms with van der Waals surface area (Å²) in [4.78, 5) is 11.9. The summed E-state index contributed by atoms with van der Waals surface area (Å²) in [6.45, 7) is 3.29. The SMILES string of the molecule is CC1(C)OC(c2cccc(Cl)c2)=C(C#N)C1=O. The summed E-state index contributed by atoms with van der Waals surface area (Å²) in [7, 11) is 0. The highest BCUT2D eigenvalue weighted by molar-refractivity contribution is 6.30. The summed E-state index contributed by atoms with van der Waals surface area (Å²) in [6.07, 6.45) is 0. The number of ketones is 1. The van der Waals surface area contributed by atoms with Crippen molar-refractivity contribution in [3.8, 4) is 6.07 Å². The Morgan fingerprint density at radius 3 is 2.71 bits per heavy atom. The number of Topliss-reactive ketones (excluding diaryl/α,β-unsaturated/α-hetero) is 1. The van der Waals surface area contributed by atoms with Crippen LogP contribution in [0, 0.1) is 11.3 Å². The molecule has 0 fully saturated rings. The molecule has 3 nitrogen and oxygen atoms in total. The lowest BCUT2D eigenvalue weighted by Crippen LogP contribution is -2.29. The third-order valence-corrected chi connectivity index (χ3v) is 2.79. The Morgan fingerprint density at radius 1 is 1.41 bits per heavy atom. The minimum Gasteiger partial charge on any atom is -0.478 e. The van der Waals surface area contributed by atoms with Crippen molar-refractivity contribution in [2.75, 3.05) is 0 Å². The quantitative estimate of drug-likeness (QED) is 0.767. The molecule has 1 aliphatic heterocycles. The Morgan fingerprint density at radius 2 is 2.12 bits per heavy atom. The fourth-order valence-corrected chi connectivity index (χ4v) is 1.88. The third-order valence-electron chi connectivity index (χ3n) is 2.56. The standard InChI is InChI=1S/C13H10ClNO2/c1-13(2)12(16)10(7-15)11(17-13)8-4-3-5-9(14)6-8/h3-6H,1-2H3. The predicted molar refractivity (Wildman–Crippen MR) is 64.2 cm³/mol. The van der Waals surface area contributed by atoms with Crippen molar-refractivity contribution < 1.29 is 9.53 Å². The number of hydrogen-bond donors (Lipinski definition) is 0. The van der Waals surface area contributed by atoms with Gasteiger partial charge < -0.3 is 4.74 Å². The molecule has 0 saturated heterocycles. The molecule has 0 atom stereocenters. The largest absolute Gasteiger partial charge is 0.478 e. The maximum atomic E-state index is 11.9. The number of benzene rings is 1. The summed E-state index contributed by atoms with van der Waals surface area (Å²) in [5.74, 6) is 0.0139. The minimum absolute atomic E-state index is 0.0530. The van der Waals surface area contributed by atoms with Gasteiger partial charge in [0.15, 0.2) is 5.60 Å². The molecule has 0 amide bonds. The van der Waals surface area contributed by atoms with Gasteiger partial charge in [-0.3, -0.25) is 4.79 Å². The van der Waals surface area contributed by atoms with E-state index >= 15 is 0 Å². The first-order chi connectivity index (χ1) is 7.95. The molecule has 0 N–H and O–H groups in total. The second-order valence-corrected chi connectivity index (χ2v) is 4.70. The van der Waals surface area contributed by atoms with E-state index in [1.165, 1.54) is 0 Å². The van der Waals surface area contributed by atoms with Crippen molar-refractivity contribution >= 4 is 23.1 Å². The second kappa shape index (κ2) is 3.90. The van der Waals surface area contributed by atoms with Crippen molar-refractivity contribution in [3.05, 3.63) is 40.4 Å². The van der Waals surface area contributed by atoms with Gasteiger partial charge in [-0.05, 0) is 26.0 Å². The van der Waals surface area contributed by atoms with Gasteiger partial charge in [-0.1, -0.05) is 23.7 Å². The average molecular weight is 248 g/mol. The van der Waals surface area contributed by atoms with E-state index in [-0.39, 0.29) is 11.4 Å². The van der Waals surface area contributed by atoms with Crippen LogP contribution in [0.4, 0.5) is 0 Å². The normalized spacial score (nSPS) is 17.9. The van der Waals surface area contributed by atoms with E-state index in [1.54, 1.807) is 38.1 Å². The number of nitriles is 1. The molecular formula is C13H10ClNO2. The van der Waals surface area contributed by atoms with Gasteiger partial charge in [0.1, 0.15) is 17.4 Å². The van der Waals surface area contributed by atoms with E-state index < -0.39 is 5.60 Å². The number of rotatable bonds is 1. The van der Waals surface area contributed by atoms with E-state index in [4.69, 9.17) is 21.6 Å². The zero-order valence-electron chi connectivity index (χ0n) is 9.45. The lowest BCUT2D eigenvalue weighted by atomic mass is 9.99. The van der Waals surface area contributed by atoms with Crippen LogP contribution in [-0.4, -0.2) is 11.4 Å². The van der Waals surface area contributed by atoms with Crippen LogP contribution in [0.15, 0.2) is 29.8 Å². The molecule has 1 heterocycles. The summed E-state index contributed by atoms with van der Waals surface area (Å²) in [5.41, 5.74) is -0.284. The first kappa shape index (κ1) is 11.7. The summed E-state index contributed by atoms with van der Waals surface area (Å²) >= 11 is 5.88. The van der Waals surface area contributed by atoms with Gasteiger partial charge >= 0.3 is 0 Å². The molecule has 0 aliphatic carbocycles. The highest BCUT2D eigenvalue weighted by atomic mass is 35.5. The molecule has 4 heteroatoms. The van der Waals surface area contributed by atoms with Gasteiger partial charge in [-0.2, -0.15) is 5.26 Å². The molecule has 86 valence electrons. The Labute approximate surface area is 104 Å². The van der Waals surface area contributed by atoms with E-state index in [0.717, 1.165) is 0 Å². The average Bonchev–Trinajstić information content (AvgIpc) is 2.50. The summed E-state index contributed by atoms with van der Waals surface area (Å²) < 4.78 is 5.55. The van der Waals surface area contributed by atoms with Crippen molar-refractivity contribution in [1.29, 1.82) is 5.26 Å². The topological polar surface area (TPSA) is 50.1 Å². The lowest BCUT2D eigenvalue weighted by Gasteiger charge is -2.17. The van der Waals surface area contributed by atoms with Crippen molar-refractivity contribution in [2.45, 2.75) is 19.4 Å². The van der Waals surface area contributed by atoms with Gasteiger partial charge in [0, 0.05) is 10.6 Å². The summed E-state index contributed by atoms with van der Waals surface area (Å²) in [6, 6.07) is 8.80. The molecule has 0 aromatic heterocycles. The van der Waals surface area contributed by atoms with Gasteiger partial charge in [0.2, 0.25) is 5.78 Å². The molecule has 1 aromatic rings. The highest BCUT2D eigenvalue weighted by Gasteiger charge is 2.42. The molecule has 0 radical (unpaired) electrons. The van der Waals surface area contributed by atoms with Crippen LogP contribution in [-0.2, 0) is 9.53 Å². The molecule has 1 aromatic carbocycles. The maximum Gasteiger partial charge on any atom is 0.220 e. The Balaban J connectivity index is 2.56. The van der Waals surface area contributed by atoms with Gasteiger partial charge in [-0.25, -0.2) is 0 Å². The van der Waals surface area contributed by atoms with Gasteiger partial charge in [-0.15, -0.1) is 0 Å². The Bertz CT molecular complexity index is 567. The van der Waals surface area contributed by atoms with Crippen LogP contribution in [0.25, 0.3) is 5.76 Å². The molecule has 0 unspecified atom stereocenters. The van der Waals surface area contributed by atoms with Crippen molar-refractivity contribution in [1.82, 2.24) is 0 Å². The fourth-order valence-electron chi connectivity index (χ4n) is 1.69. The highest BCUT2D eigenvalue weighted by Crippen LogP contribution is 2.36. The third kappa shape index (κ3) is 1.92.